The average molecular weight is 457 g/mol. The van der Waals surface area contributed by atoms with Crippen molar-refractivity contribution in [2.45, 2.75) is 26.7 Å². The Bertz CT molecular complexity index is 1040. The molecule has 32 heavy (non-hydrogen) atoms. The lowest BCUT2D eigenvalue weighted by atomic mass is 10.1. The molecule has 1 N–H and O–H groups in total. The van der Waals surface area contributed by atoms with E-state index in [1.54, 1.807) is 21.3 Å². The maximum Gasteiger partial charge on any atom is 0.226 e. The van der Waals surface area contributed by atoms with Gasteiger partial charge in [-0.1, -0.05) is 18.3 Å². The highest BCUT2D eigenvalue weighted by Crippen LogP contribution is 2.46. The first kappa shape index (κ1) is 23.4. The van der Waals surface area contributed by atoms with Crippen molar-refractivity contribution in [3.8, 4) is 44.7 Å². The summed E-state index contributed by atoms with van der Waals surface area (Å²) in [6.07, 6.45) is 1.21. The molecule has 0 spiro atoms. The predicted molar refractivity (Wildman–Crippen MR) is 127 cm³/mol. The number of aromatic nitrogens is 1. The third kappa shape index (κ3) is 5.13. The number of rotatable bonds is 10. The van der Waals surface area contributed by atoms with E-state index in [-0.39, 0.29) is 5.91 Å². The molecule has 0 radical (unpaired) electrons. The lowest BCUT2D eigenvalue weighted by Crippen LogP contribution is -2.10. The smallest absolute Gasteiger partial charge is 0.226 e. The first-order valence-corrected chi connectivity index (χ1v) is 11.2. The van der Waals surface area contributed by atoms with Crippen LogP contribution in [0, 0.1) is 0 Å². The van der Waals surface area contributed by atoms with E-state index >= 15 is 0 Å². The number of nitrogens with one attached hydrogen (secondary N) is 1. The number of anilines is 1. The number of hydrogen-bond acceptors (Lipinski definition) is 7. The molecule has 2 aromatic carbocycles. The van der Waals surface area contributed by atoms with Crippen molar-refractivity contribution in [1.29, 1.82) is 0 Å². The standard InChI is InChI=1S/C24H28N2O5S/c1-6-8-20(27)25-24-26-21(15-9-11-17(12-10-15)31-7-2)23(32-24)16-13-18(28-3)22(30-5)19(14-16)29-4/h9-14H,6-8H2,1-5H3,(H,25,26,27). The van der Waals surface area contributed by atoms with Gasteiger partial charge in [0.15, 0.2) is 16.6 Å². The van der Waals surface area contributed by atoms with E-state index in [0.717, 1.165) is 33.9 Å². The molecule has 3 rings (SSSR count). The fraction of sp³-hybridized carbons (Fsp3) is 0.333. The Morgan fingerprint density at radius 1 is 0.969 bits per heavy atom. The lowest BCUT2D eigenvalue weighted by Gasteiger charge is -2.14. The second-order valence-corrected chi connectivity index (χ2v) is 7.87. The first-order chi connectivity index (χ1) is 15.5. The van der Waals surface area contributed by atoms with Gasteiger partial charge < -0.3 is 24.3 Å². The maximum absolute atomic E-state index is 12.2. The molecule has 0 aliphatic rings. The Balaban J connectivity index is 2.13. The van der Waals surface area contributed by atoms with E-state index in [1.165, 1.54) is 11.3 Å². The predicted octanol–water partition coefficient (Wildman–Crippen LogP) is 5.64. The van der Waals surface area contributed by atoms with Gasteiger partial charge in [0.25, 0.3) is 0 Å². The molecular formula is C24H28N2O5S. The van der Waals surface area contributed by atoms with Gasteiger partial charge in [0, 0.05) is 17.5 Å². The molecule has 1 amide bonds. The molecule has 8 heteroatoms. The van der Waals surface area contributed by atoms with Crippen molar-refractivity contribution in [3.63, 3.8) is 0 Å². The first-order valence-electron chi connectivity index (χ1n) is 10.4. The minimum atomic E-state index is -0.0593. The molecule has 0 saturated heterocycles. The van der Waals surface area contributed by atoms with Crippen LogP contribution >= 0.6 is 11.3 Å². The van der Waals surface area contributed by atoms with Gasteiger partial charge in [0.2, 0.25) is 11.7 Å². The Morgan fingerprint density at radius 3 is 2.16 bits per heavy atom. The van der Waals surface area contributed by atoms with Crippen LogP contribution in [-0.4, -0.2) is 38.8 Å². The second-order valence-electron chi connectivity index (χ2n) is 6.87. The molecule has 1 heterocycles. The average Bonchev–Trinajstić information content (AvgIpc) is 3.22. The van der Waals surface area contributed by atoms with E-state index in [2.05, 4.69) is 5.32 Å². The molecule has 0 unspecified atom stereocenters. The van der Waals surface area contributed by atoms with Gasteiger partial charge in [-0.2, -0.15) is 0 Å². The Labute approximate surface area is 192 Å². The summed E-state index contributed by atoms with van der Waals surface area (Å²) in [6, 6.07) is 11.5. The van der Waals surface area contributed by atoms with Crippen LogP contribution in [0.2, 0.25) is 0 Å². The van der Waals surface area contributed by atoms with Gasteiger partial charge >= 0.3 is 0 Å². The molecule has 3 aromatic rings. The monoisotopic (exact) mass is 456 g/mol. The summed E-state index contributed by atoms with van der Waals surface area (Å²) in [5.41, 5.74) is 2.50. The summed E-state index contributed by atoms with van der Waals surface area (Å²) in [4.78, 5) is 17.8. The number of nitrogens with zero attached hydrogens (tertiary/aromatic N) is 1. The number of benzene rings is 2. The van der Waals surface area contributed by atoms with Crippen LogP contribution in [-0.2, 0) is 4.79 Å². The number of methoxy groups -OCH3 is 3. The van der Waals surface area contributed by atoms with Gasteiger partial charge in [-0.25, -0.2) is 4.98 Å². The van der Waals surface area contributed by atoms with Gasteiger partial charge in [0.1, 0.15) is 5.75 Å². The van der Waals surface area contributed by atoms with Crippen molar-refractivity contribution in [3.05, 3.63) is 36.4 Å². The van der Waals surface area contributed by atoms with Crippen LogP contribution in [0.5, 0.6) is 23.0 Å². The van der Waals surface area contributed by atoms with E-state index in [4.69, 9.17) is 23.9 Å². The Kier molecular flexibility index (Phi) is 7.94. The molecule has 7 nitrogen and oxygen atoms in total. The largest absolute Gasteiger partial charge is 0.494 e. The van der Waals surface area contributed by atoms with Gasteiger partial charge in [0.05, 0.1) is 38.5 Å². The third-order valence-corrected chi connectivity index (χ3v) is 5.74. The van der Waals surface area contributed by atoms with E-state index in [1.807, 2.05) is 50.2 Å². The highest BCUT2D eigenvalue weighted by molar-refractivity contribution is 7.19. The third-order valence-electron chi connectivity index (χ3n) is 4.72. The summed E-state index contributed by atoms with van der Waals surface area (Å²) in [5, 5.41) is 3.45. The zero-order valence-corrected chi connectivity index (χ0v) is 19.8. The van der Waals surface area contributed by atoms with Crippen molar-refractivity contribution >= 4 is 22.4 Å². The zero-order valence-electron chi connectivity index (χ0n) is 19.0. The molecule has 1 aromatic heterocycles. The number of carbonyl (C=O) groups excluding carboxylic acids is 1. The molecule has 170 valence electrons. The zero-order chi connectivity index (χ0) is 23.1. The summed E-state index contributed by atoms with van der Waals surface area (Å²) in [6.45, 7) is 4.51. The number of carbonyl (C=O) groups is 1. The van der Waals surface area contributed by atoms with Gasteiger partial charge in [-0.3, -0.25) is 4.79 Å². The number of amides is 1. The normalized spacial score (nSPS) is 10.5. The van der Waals surface area contributed by atoms with Crippen LogP contribution in [0.3, 0.4) is 0 Å². The fourth-order valence-electron chi connectivity index (χ4n) is 3.26. The molecule has 0 fully saturated rings. The molecule has 0 aliphatic carbocycles. The molecule has 0 saturated carbocycles. The SMILES string of the molecule is CCCC(=O)Nc1nc(-c2ccc(OCC)cc2)c(-c2cc(OC)c(OC)c(OC)c2)s1. The number of hydrogen-bond donors (Lipinski definition) is 1. The van der Waals surface area contributed by atoms with Crippen LogP contribution < -0.4 is 24.3 Å². The van der Waals surface area contributed by atoms with Gasteiger partial charge in [-0.15, -0.1) is 0 Å². The van der Waals surface area contributed by atoms with Crippen molar-refractivity contribution in [2.24, 2.45) is 0 Å². The van der Waals surface area contributed by atoms with Crippen LogP contribution in [0.1, 0.15) is 26.7 Å². The van der Waals surface area contributed by atoms with Crippen molar-refractivity contribution in [2.75, 3.05) is 33.3 Å². The molecule has 0 atom stereocenters. The molecule has 0 aliphatic heterocycles. The highest BCUT2D eigenvalue weighted by Gasteiger charge is 2.21. The molecule has 0 bridgehead atoms. The lowest BCUT2D eigenvalue weighted by molar-refractivity contribution is -0.116. The van der Waals surface area contributed by atoms with E-state index < -0.39 is 0 Å². The van der Waals surface area contributed by atoms with Crippen LogP contribution in [0.4, 0.5) is 5.13 Å². The summed E-state index contributed by atoms with van der Waals surface area (Å²) in [7, 11) is 4.73. The Hall–Kier alpha value is -3.26. The minimum absolute atomic E-state index is 0.0593. The van der Waals surface area contributed by atoms with Crippen molar-refractivity contribution in [1.82, 2.24) is 4.98 Å². The Morgan fingerprint density at radius 2 is 1.62 bits per heavy atom. The quantitative estimate of drug-likeness (QED) is 0.425. The summed E-state index contributed by atoms with van der Waals surface area (Å²) < 4.78 is 22.1. The second kappa shape index (κ2) is 10.9. The van der Waals surface area contributed by atoms with Crippen LogP contribution in [0.15, 0.2) is 36.4 Å². The van der Waals surface area contributed by atoms with Crippen LogP contribution in [0.25, 0.3) is 21.7 Å². The maximum atomic E-state index is 12.2. The van der Waals surface area contributed by atoms with Crippen molar-refractivity contribution < 1.29 is 23.7 Å². The fourth-order valence-corrected chi connectivity index (χ4v) is 4.25. The van der Waals surface area contributed by atoms with E-state index in [9.17, 15) is 4.79 Å². The molecular weight excluding hydrogens is 428 g/mol. The summed E-state index contributed by atoms with van der Waals surface area (Å²) >= 11 is 1.40. The number of ether oxygens (including phenoxy) is 4. The highest BCUT2D eigenvalue weighted by atomic mass is 32.1. The van der Waals surface area contributed by atoms with Gasteiger partial charge in [-0.05, 0) is 49.7 Å². The number of thiazole rings is 1. The topological polar surface area (TPSA) is 78.9 Å². The minimum Gasteiger partial charge on any atom is -0.494 e. The van der Waals surface area contributed by atoms with E-state index in [0.29, 0.717) is 35.4 Å². The summed E-state index contributed by atoms with van der Waals surface area (Å²) in [5.74, 6) is 2.34.